The molecule has 1 aromatic rings. The second kappa shape index (κ2) is 6.41. The molecule has 0 aromatic heterocycles. The van der Waals surface area contributed by atoms with E-state index in [1.807, 2.05) is 0 Å². The Bertz CT molecular complexity index is 488. The van der Waals surface area contributed by atoms with Gasteiger partial charge in [-0.25, -0.2) is 0 Å². The van der Waals surface area contributed by atoms with Crippen LogP contribution in [0.2, 0.25) is 15.1 Å². The first kappa shape index (κ1) is 14.9. The van der Waals surface area contributed by atoms with Crippen LogP contribution < -0.4 is 5.32 Å². The van der Waals surface area contributed by atoms with Crippen LogP contribution in [0.25, 0.3) is 0 Å². The van der Waals surface area contributed by atoms with Crippen molar-refractivity contribution in [1.82, 2.24) is 10.2 Å². The van der Waals surface area contributed by atoms with Crippen LogP contribution in [-0.4, -0.2) is 30.6 Å². The summed E-state index contributed by atoms with van der Waals surface area (Å²) in [6, 6.07) is 4.43. The molecule has 1 unspecified atom stereocenters. The Labute approximate surface area is 135 Å². The van der Waals surface area contributed by atoms with Gasteiger partial charge in [0.1, 0.15) is 0 Å². The van der Waals surface area contributed by atoms with Gasteiger partial charge in [-0.05, 0) is 50.4 Å². The summed E-state index contributed by atoms with van der Waals surface area (Å²) in [5.74, 6) is 0.743. The quantitative estimate of drug-likeness (QED) is 0.812. The van der Waals surface area contributed by atoms with Crippen LogP contribution in [0.3, 0.4) is 0 Å². The number of benzene rings is 1. The molecule has 110 valence electrons. The lowest BCUT2D eigenvalue weighted by atomic mass is 10.1. The molecule has 1 atom stereocenters. The average molecular weight is 334 g/mol. The maximum Gasteiger partial charge on any atom is 0.0652 e. The predicted octanol–water partition coefficient (Wildman–Crippen LogP) is 4.22. The third kappa shape index (κ3) is 3.42. The standard InChI is InChI=1S/C15H19Cl3N2/c16-13-3-4-14(17)15(18)12(13)8-19-7-10-5-6-20(9-10)11-1-2-11/h3-4,10-11,19H,1-2,5-9H2. The fourth-order valence-electron chi connectivity index (χ4n) is 2.93. The molecule has 2 fully saturated rings. The van der Waals surface area contributed by atoms with Gasteiger partial charge in [0.15, 0.2) is 0 Å². The molecule has 0 amide bonds. The SMILES string of the molecule is Clc1ccc(Cl)c(CNCC2CCN(C3CC3)C2)c1Cl. The Kier molecular flexibility index (Phi) is 4.79. The minimum Gasteiger partial charge on any atom is -0.312 e. The molecule has 1 heterocycles. The van der Waals surface area contributed by atoms with Gasteiger partial charge in [0.05, 0.1) is 10.0 Å². The van der Waals surface area contributed by atoms with Crippen LogP contribution in [-0.2, 0) is 6.54 Å². The third-order valence-electron chi connectivity index (χ3n) is 4.25. The second-order valence-electron chi connectivity index (χ2n) is 5.83. The lowest BCUT2D eigenvalue weighted by Gasteiger charge is -2.16. The van der Waals surface area contributed by atoms with E-state index >= 15 is 0 Å². The topological polar surface area (TPSA) is 15.3 Å². The van der Waals surface area contributed by atoms with Crippen LogP contribution in [0.4, 0.5) is 0 Å². The van der Waals surface area contributed by atoms with Gasteiger partial charge >= 0.3 is 0 Å². The van der Waals surface area contributed by atoms with E-state index in [0.29, 0.717) is 21.6 Å². The van der Waals surface area contributed by atoms with E-state index in [1.54, 1.807) is 12.1 Å². The van der Waals surface area contributed by atoms with Gasteiger partial charge in [0.2, 0.25) is 0 Å². The number of nitrogens with zero attached hydrogens (tertiary/aromatic N) is 1. The first-order valence-electron chi connectivity index (χ1n) is 7.22. The molecule has 1 saturated carbocycles. The van der Waals surface area contributed by atoms with Crippen molar-refractivity contribution >= 4 is 34.8 Å². The van der Waals surface area contributed by atoms with Crippen LogP contribution in [0, 0.1) is 5.92 Å². The number of hydrogen-bond donors (Lipinski definition) is 1. The highest BCUT2D eigenvalue weighted by Gasteiger charge is 2.34. The van der Waals surface area contributed by atoms with Crippen molar-refractivity contribution in [2.24, 2.45) is 5.92 Å². The molecule has 20 heavy (non-hydrogen) atoms. The number of rotatable bonds is 5. The van der Waals surface area contributed by atoms with Gasteiger partial charge in [0.25, 0.3) is 0 Å². The summed E-state index contributed by atoms with van der Waals surface area (Å²) in [7, 11) is 0. The molecule has 1 saturated heterocycles. The largest absolute Gasteiger partial charge is 0.312 e. The van der Waals surface area contributed by atoms with Crippen molar-refractivity contribution in [3.05, 3.63) is 32.8 Å². The van der Waals surface area contributed by atoms with E-state index in [2.05, 4.69) is 10.2 Å². The average Bonchev–Trinajstić information content (AvgIpc) is 3.18. The van der Waals surface area contributed by atoms with Crippen LogP contribution in [0.5, 0.6) is 0 Å². The molecule has 2 nitrogen and oxygen atoms in total. The molecule has 2 aliphatic rings. The minimum absolute atomic E-state index is 0.564. The van der Waals surface area contributed by atoms with E-state index in [-0.39, 0.29) is 0 Å². The van der Waals surface area contributed by atoms with Gasteiger partial charge in [-0.2, -0.15) is 0 Å². The lowest BCUT2D eigenvalue weighted by molar-refractivity contribution is 0.312. The highest BCUT2D eigenvalue weighted by Crippen LogP contribution is 2.32. The molecule has 0 spiro atoms. The van der Waals surface area contributed by atoms with E-state index < -0.39 is 0 Å². The van der Waals surface area contributed by atoms with Gasteiger partial charge in [-0.1, -0.05) is 34.8 Å². The first-order chi connectivity index (χ1) is 9.65. The van der Waals surface area contributed by atoms with E-state index in [1.165, 1.54) is 32.4 Å². The van der Waals surface area contributed by atoms with Crippen LogP contribution in [0.1, 0.15) is 24.8 Å². The highest BCUT2D eigenvalue weighted by atomic mass is 35.5. The Hall–Kier alpha value is 0.01000. The Balaban J connectivity index is 1.49. The van der Waals surface area contributed by atoms with Crippen molar-refractivity contribution in [2.75, 3.05) is 19.6 Å². The Morgan fingerprint density at radius 1 is 1.10 bits per heavy atom. The number of nitrogens with one attached hydrogen (secondary N) is 1. The molecule has 3 rings (SSSR count). The summed E-state index contributed by atoms with van der Waals surface area (Å²) < 4.78 is 0. The van der Waals surface area contributed by atoms with Gasteiger partial charge in [-0.3, -0.25) is 0 Å². The van der Waals surface area contributed by atoms with Crippen molar-refractivity contribution in [3.8, 4) is 0 Å². The minimum atomic E-state index is 0.564. The smallest absolute Gasteiger partial charge is 0.0652 e. The third-order valence-corrected chi connectivity index (χ3v) is 5.45. The van der Waals surface area contributed by atoms with E-state index in [4.69, 9.17) is 34.8 Å². The van der Waals surface area contributed by atoms with Crippen molar-refractivity contribution in [1.29, 1.82) is 0 Å². The normalized spacial score (nSPS) is 23.4. The maximum absolute atomic E-state index is 6.20. The van der Waals surface area contributed by atoms with Crippen molar-refractivity contribution < 1.29 is 0 Å². The maximum atomic E-state index is 6.20. The van der Waals surface area contributed by atoms with Crippen molar-refractivity contribution in [3.63, 3.8) is 0 Å². The lowest BCUT2D eigenvalue weighted by Crippen LogP contribution is -2.27. The Morgan fingerprint density at radius 3 is 2.60 bits per heavy atom. The summed E-state index contributed by atoms with van der Waals surface area (Å²) >= 11 is 18.4. The monoisotopic (exact) mass is 332 g/mol. The van der Waals surface area contributed by atoms with E-state index in [0.717, 1.165) is 24.1 Å². The van der Waals surface area contributed by atoms with Gasteiger partial charge in [0, 0.05) is 29.7 Å². The fourth-order valence-corrected chi connectivity index (χ4v) is 3.61. The second-order valence-corrected chi connectivity index (χ2v) is 7.03. The number of likely N-dealkylation sites (tertiary alicyclic amines) is 1. The van der Waals surface area contributed by atoms with Crippen molar-refractivity contribution in [2.45, 2.75) is 31.8 Å². The van der Waals surface area contributed by atoms with Gasteiger partial charge < -0.3 is 10.2 Å². The highest BCUT2D eigenvalue weighted by molar-refractivity contribution is 6.44. The van der Waals surface area contributed by atoms with Gasteiger partial charge in [-0.15, -0.1) is 0 Å². The van der Waals surface area contributed by atoms with Crippen LogP contribution in [0.15, 0.2) is 12.1 Å². The zero-order valence-electron chi connectivity index (χ0n) is 11.3. The molecule has 0 bridgehead atoms. The molecule has 0 radical (unpaired) electrons. The molecular formula is C15H19Cl3N2. The first-order valence-corrected chi connectivity index (χ1v) is 8.35. The summed E-state index contributed by atoms with van der Waals surface area (Å²) in [5.41, 5.74) is 0.901. The van der Waals surface area contributed by atoms with E-state index in [9.17, 15) is 0 Å². The molecule has 1 aromatic carbocycles. The predicted molar refractivity (Wildman–Crippen MR) is 85.9 cm³/mol. The zero-order valence-corrected chi connectivity index (χ0v) is 13.6. The molecule has 1 N–H and O–H groups in total. The molecule has 1 aliphatic carbocycles. The Morgan fingerprint density at radius 2 is 1.85 bits per heavy atom. The van der Waals surface area contributed by atoms with Crippen LogP contribution >= 0.6 is 34.8 Å². The number of halogens is 3. The molecule has 1 aliphatic heterocycles. The number of hydrogen-bond acceptors (Lipinski definition) is 2. The molecular weight excluding hydrogens is 315 g/mol. The summed E-state index contributed by atoms with van der Waals surface area (Å²) in [6.45, 7) is 4.19. The molecule has 5 heteroatoms. The summed E-state index contributed by atoms with van der Waals surface area (Å²) in [4.78, 5) is 2.63. The summed E-state index contributed by atoms with van der Waals surface area (Å²) in [6.07, 6.45) is 4.09. The fraction of sp³-hybridized carbons (Fsp3) is 0.600. The summed E-state index contributed by atoms with van der Waals surface area (Å²) in [5, 5.41) is 5.29. The zero-order chi connectivity index (χ0) is 14.1.